The Bertz CT molecular complexity index is 2290. The quantitative estimate of drug-likeness (QED) is 0.0753. The summed E-state index contributed by atoms with van der Waals surface area (Å²) in [6.07, 6.45) is 9.65. The number of fused-ring (bicyclic) bond motifs is 4. The van der Waals surface area contributed by atoms with Crippen LogP contribution >= 0.6 is 8.40 Å². The molecule has 264 valence electrons. The molecule has 0 atom stereocenters. The zero-order valence-electron chi connectivity index (χ0n) is 29.9. The van der Waals surface area contributed by atoms with E-state index in [-0.39, 0.29) is 0 Å². The molecule has 8 aromatic rings. The van der Waals surface area contributed by atoms with Gasteiger partial charge < -0.3 is 0 Å². The maximum atomic E-state index is 4.05. The summed E-state index contributed by atoms with van der Waals surface area (Å²) in [6.45, 7) is 0. The summed E-state index contributed by atoms with van der Waals surface area (Å²) in [5.74, 6) is 0. The first-order valence-electron chi connectivity index (χ1n) is 18.7. The van der Waals surface area contributed by atoms with Crippen LogP contribution in [0.2, 0.25) is 0 Å². The Hall–Kier alpha value is -2.78. The number of rotatable bonds is 14. The van der Waals surface area contributed by atoms with Gasteiger partial charge in [0.1, 0.15) is 0 Å². The average molecular weight is 920 g/mol. The molecule has 0 amide bonds. The van der Waals surface area contributed by atoms with Gasteiger partial charge in [0.25, 0.3) is 0 Å². The molecule has 0 N–H and O–H groups in total. The molecular formula is C48H44P2Se3. The van der Waals surface area contributed by atoms with Crippen LogP contribution in [0.4, 0.5) is 0 Å². The van der Waals surface area contributed by atoms with Crippen molar-refractivity contribution >= 4 is 95.8 Å². The molecule has 0 aromatic heterocycles. The van der Waals surface area contributed by atoms with Crippen molar-refractivity contribution < 1.29 is 0 Å². The van der Waals surface area contributed by atoms with Gasteiger partial charge in [-0.15, -0.1) is 0 Å². The first kappa shape index (κ1) is 37.2. The summed E-state index contributed by atoms with van der Waals surface area (Å²) < 4.78 is -2.82. The third kappa shape index (κ3) is 9.55. The van der Waals surface area contributed by atoms with Crippen LogP contribution in [0.1, 0.15) is 22.3 Å². The topological polar surface area (TPSA) is 0 Å². The molecule has 8 rings (SSSR count). The van der Waals surface area contributed by atoms with Crippen molar-refractivity contribution in [2.24, 2.45) is 0 Å². The average Bonchev–Trinajstić information content (AvgIpc) is 3.20. The standard InChI is InChI=1S/C48H44P2Se3/c51-49(29-25-37-17-21-41-9-1-5-13-45(41)33-37,30-26-38-18-22-42-10-2-6-14-46(42)34-38)53-50(52,31-27-39-19-23-43-11-3-7-15-47(43)35-39)32-28-40-20-24-44-12-4-8-16-48(44)36-40/h1-24,33-36H,25-32H2. The van der Waals surface area contributed by atoms with Crippen molar-refractivity contribution in [3.8, 4) is 0 Å². The van der Waals surface area contributed by atoms with Crippen LogP contribution in [0.5, 0.6) is 0 Å². The fraction of sp³-hybridized carbons (Fsp3) is 0.167. The fourth-order valence-corrected chi connectivity index (χ4v) is 69.8. The van der Waals surface area contributed by atoms with Gasteiger partial charge in [0.05, 0.1) is 0 Å². The van der Waals surface area contributed by atoms with Gasteiger partial charge in [-0.3, -0.25) is 0 Å². The van der Waals surface area contributed by atoms with E-state index in [0.717, 1.165) is 25.7 Å². The maximum absolute atomic E-state index is 4.05. The summed E-state index contributed by atoms with van der Waals surface area (Å²) in [6, 6.07) is 63.8. The monoisotopic (exact) mass is 922 g/mol. The Morgan fingerprint density at radius 3 is 0.774 bits per heavy atom. The van der Waals surface area contributed by atoms with E-state index < -0.39 is 8.40 Å². The molecule has 0 radical (unpaired) electrons. The molecule has 0 nitrogen and oxygen atoms in total. The van der Waals surface area contributed by atoms with Crippen LogP contribution in [0, 0.1) is 0 Å². The summed E-state index contributed by atoms with van der Waals surface area (Å²) in [5.41, 5.74) is 5.89. The molecule has 0 aliphatic rings. The van der Waals surface area contributed by atoms with Crippen molar-refractivity contribution in [1.29, 1.82) is 0 Å². The third-order valence-electron chi connectivity index (χ3n) is 10.5. The second-order valence-corrected chi connectivity index (χ2v) is 47.7. The molecule has 0 aliphatic heterocycles. The molecule has 0 aliphatic carbocycles. The Labute approximate surface area is 335 Å². The number of benzene rings is 8. The van der Waals surface area contributed by atoms with Crippen LogP contribution in [-0.4, -0.2) is 68.9 Å². The first-order chi connectivity index (χ1) is 25.9. The zero-order valence-corrected chi connectivity index (χ0v) is 36.9. The van der Waals surface area contributed by atoms with E-state index in [0.29, 0.717) is 14.1 Å². The van der Waals surface area contributed by atoms with E-state index >= 15 is 0 Å². The van der Waals surface area contributed by atoms with Crippen LogP contribution in [-0.2, 0) is 25.7 Å². The van der Waals surface area contributed by atoms with Crippen LogP contribution in [0.3, 0.4) is 0 Å². The summed E-state index contributed by atoms with van der Waals surface area (Å²) >= 11 is 8.62. The van der Waals surface area contributed by atoms with Crippen molar-refractivity contribution in [1.82, 2.24) is 0 Å². The van der Waals surface area contributed by atoms with E-state index in [1.165, 1.54) is 90.0 Å². The third-order valence-corrected chi connectivity index (χ3v) is 50.0. The second kappa shape index (κ2) is 16.9. The minimum absolute atomic E-state index is 0.515. The van der Waals surface area contributed by atoms with Gasteiger partial charge in [0.15, 0.2) is 0 Å². The van der Waals surface area contributed by atoms with Crippen molar-refractivity contribution in [2.75, 3.05) is 24.6 Å². The molecule has 0 fully saturated rings. The van der Waals surface area contributed by atoms with E-state index in [9.17, 15) is 0 Å². The molecule has 0 heterocycles. The van der Waals surface area contributed by atoms with Gasteiger partial charge in [0, 0.05) is 0 Å². The Morgan fingerprint density at radius 1 is 0.302 bits per heavy atom. The molecule has 0 bridgehead atoms. The van der Waals surface area contributed by atoms with Crippen LogP contribution in [0.15, 0.2) is 170 Å². The number of hydrogen-bond acceptors (Lipinski definition) is 0. The van der Waals surface area contributed by atoms with Crippen molar-refractivity contribution in [3.63, 3.8) is 0 Å². The first-order valence-corrected chi connectivity index (χ1v) is 31.9. The molecule has 0 spiro atoms. The summed E-state index contributed by atoms with van der Waals surface area (Å²) in [5, 5.41) is 10.7. The Morgan fingerprint density at radius 2 is 0.528 bits per heavy atom. The SMILES string of the molecule is [Se]=P(CCc1ccc2ccccc2c1)(CCc1ccc2ccccc2c1)[Se]P(=[Se])(CCc1ccc2ccccc2c1)CCc1ccc2ccccc2c1. The summed E-state index contributed by atoms with van der Waals surface area (Å²) in [4.78, 5) is 0. The van der Waals surface area contributed by atoms with Gasteiger partial charge in [-0.1, -0.05) is 0 Å². The molecule has 8 aromatic carbocycles. The fourth-order valence-electron chi connectivity index (χ4n) is 7.43. The van der Waals surface area contributed by atoms with Crippen LogP contribution in [0.25, 0.3) is 43.1 Å². The number of hydrogen-bond donors (Lipinski definition) is 0. The number of aryl methyl sites for hydroxylation is 4. The molecule has 5 heteroatoms. The van der Waals surface area contributed by atoms with Gasteiger partial charge in [-0.2, -0.15) is 0 Å². The minimum atomic E-state index is -1.41. The second-order valence-electron chi connectivity index (χ2n) is 14.3. The molecular weight excluding hydrogens is 875 g/mol. The predicted molar refractivity (Wildman–Crippen MR) is 241 cm³/mol. The van der Waals surface area contributed by atoms with Gasteiger partial charge in [-0.05, 0) is 0 Å². The van der Waals surface area contributed by atoms with E-state index in [1.807, 2.05) is 0 Å². The van der Waals surface area contributed by atoms with E-state index in [4.69, 9.17) is 0 Å². The van der Waals surface area contributed by atoms with Gasteiger partial charge in [0.2, 0.25) is 0 Å². The normalized spacial score (nSPS) is 12.2. The van der Waals surface area contributed by atoms with Crippen LogP contribution < -0.4 is 0 Å². The molecule has 0 saturated carbocycles. The molecule has 0 saturated heterocycles. The predicted octanol–water partition coefficient (Wildman–Crippen LogP) is 12.3. The summed E-state index contributed by atoms with van der Waals surface area (Å²) in [7, 11) is 0. The zero-order chi connectivity index (χ0) is 36.1. The van der Waals surface area contributed by atoms with Gasteiger partial charge >= 0.3 is 338 Å². The Balaban J connectivity index is 1.09. The van der Waals surface area contributed by atoms with E-state index in [2.05, 4.69) is 200 Å². The van der Waals surface area contributed by atoms with Crippen molar-refractivity contribution in [3.05, 3.63) is 192 Å². The molecule has 0 unspecified atom stereocenters. The Kier molecular flexibility index (Phi) is 11.9. The molecule has 53 heavy (non-hydrogen) atoms. The van der Waals surface area contributed by atoms with Gasteiger partial charge in [-0.25, -0.2) is 0 Å². The van der Waals surface area contributed by atoms with E-state index in [1.54, 1.807) is 0 Å². The van der Waals surface area contributed by atoms with Crippen molar-refractivity contribution in [2.45, 2.75) is 25.7 Å².